The van der Waals surface area contributed by atoms with Gasteiger partial charge in [-0.3, -0.25) is 0 Å². The first kappa shape index (κ1) is 14.8. The van der Waals surface area contributed by atoms with Crippen LogP contribution in [-0.2, 0) is 6.54 Å². The van der Waals surface area contributed by atoms with E-state index in [1.165, 1.54) is 0 Å². The van der Waals surface area contributed by atoms with E-state index in [2.05, 4.69) is 26.6 Å². The maximum absolute atomic E-state index is 11.4. The second-order valence-corrected chi connectivity index (χ2v) is 4.73. The van der Waals surface area contributed by atoms with Gasteiger partial charge >= 0.3 is 6.03 Å². The van der Waals surface area contributed by atoms with Crippen LogP contribution < -0.4 is 15.4 Å². The fourth-order valence-corrected chi connectivity index (χ4v) is 1.91. The zero-order valence-corrected chi connectivity index (χ0v) is 12.0. The van der Waals surface area contributed by atoms with Crippen LogP contribution in [0.25, 0.3) is 0 Å². The summed E-state index contributed by atoms with van der Waals surface area (Å²) in [6.07, 6.45) is 0. The first-order valence-corrected chi connectivity index (χ1v) is 6.33. The standard InChI is InChI=1S/C12H17BrN2O3/c1-8(7-16)15-12(17)14-6-9-3-4-11(18-2)10(13)5-9/h3-5,8,16H,6-7H2,1-2H3,(H2,14,15,17)/t8-/m0/s1. The van der Waals surface area contributed by atoms with Crippen molar-refractivity contribution < 1.29 is 14.6 Å². The molecule has 3 N–H and O–H groups in total. The lowest BCUT2D eigenvalue weighted by Gasteiger charge is -2.12. The third-order valence-corrected chi connectivity index (χ3v) is 2.94. The first-order valence-electron chi connectivity index (χ1n) is 5.54. The predicted octanol–water partition coefficient (Wildman–Crippen LogP) is 1.64. The summed E-state index contributed by atoms with van der Waals surface area (Å²) in [5.41, 5.74) is 0.953. The van der Waals surface area contributed by atoms with E-state index in [4.69, 9.17) is 9.84 Å². The van der Waals surface area contributed by atoms with E-state index in [0.717, 1.165) is 15.8 Å². The Morgan fingerprint density at radius 3 is 2.83 bits per heavy atom. The quantitative estimate of drug-likeness (QED) is 0.773. The lowest BCUT2D eigenvalue weighted by Crippen LogP contribution is -2.41. The van der Waals surface area contributed by atoms with Crippen LogP contribution in [0.5, 0.6) is 5.75 Å². The van der Waals surface area contributed by atoms with Gasteiger partial charge in [-0.2, -0.15) is 0 Å². The highest BCUT2D eigenvalue weighted by atomic mass is 79.9. The van der Waals surface area contributed by atoms with Gasteiger partial charge in [0.15, 0.2) is 0 Å². The van der Waals surface area contributed by atoms with Crippen molar-refractivity contribution in [3.63, 3.8) is 0 Å². The third-order valence-electron chi connectivity index (χ3n) is 2.32. The fraction of sp³-hybridized carbons (Fsp3) is 0.417. The molecular formula is C12H17BrN2O3. The van der Waals surface area contributed by atoms with E-state index < -0.39 is 0 Å². The Balaban J connectivity index is 2.48. The Kier molecular flexibility index (Phi) is 5.94. The molecule has 0 aliphatic rings. The second kappa shape index (κ2) is 7.23. The molecule has 6 heteroatoms. The highest BCUT2D eigenvalue weighted by Crippen LogP contribution is 2.25. The Morgan fingerprint density at radius 1 is 1.56 bits per heavy atom. The highest BCUT2D eigenvalue weighted by molar-refractivity contribution is 9.10. The van der Waals surface area contributed by atoms with E-state index in [-0.39, 0.29) is 18.7 Å². The summed E-state index contributed by atoms with van der Waals surface area (Å²) in [5.74, 6) is 0.747. The third kappa shape index (κ3) is 4.54. The second-order valence-electron chi connectivity index (χ2n) is 3.88. The van der Waals surface area contributed by atoms with E-state index >= 15 is 0 Å². The van der Waals surface area contributed by atoms with Crippen LogP contribution >= 0.6 is 15.9 Å². The molecule has 0 spiro atoms. The summed E-state index contributed by atoms with van der Waals surface area (Å²) in [6.45, 7) is 2.05. The maximum Gasteiger partial charge on any atom is 0.315 e. The monoisotopic (exact) mass is 316 g/mol. The number of hydrogen-bond acceptors (Lipinski definition) is 3. The van der Waals surface area contributed by atoms with Crippen molar-refractivity contribution in [1.82, 2.24) is 10.6 Å². The molecule has 0 aliphatic carbocycles. The molecule has 0 aliphatic heterocycles. The number of nitrogens with one attached hydrogen (secondary N) is 2. The first-order chi connectivity index (χ1) is 8.56. The molecule has 0 fully saturated rings. The number of urea groups is 1. The van der Waals surface area contributed by atoms with Crippen LogP contribution in [-0.4, -0.2) is 30.9 Å². The van der Waals surface area contributed by atoms with Gasteiger partial charge in [0, 0.05) is 6.54 Å². The van der Waals surface area contributed by atoms with Crippen molar-refractivity contribution in [2.24, 2.45) is 0 Å². The molecule has 18 heavy (non-hydrogen) atoms. The number of rotatable bonds is 5. The zero-order valence-electron chi connectivity index (χ0n) is 10.4. The minimum atomic E-state index is -0.302. The van der Waals surface area contributed by atoms with Crippen molar-refractivity contribution in [2.75, 3.05) is 13.7 Å². The Labute approximate surface area is 115 Å². The molecule has 2 amide bonds. The average molecular weight is 317 g/mol. The molecule has 1 aromatic carbocycles. The predicted molar refractivity (Wildman–Crippen MR) is 72.6 cm³/mol. The lowest BCUT2D eigenvalue weighted by atomic mass is 10.2. The summed E-state index contributed by atoms with van der Waals surface area (Å²) in [6, 6.07) is 5.03. The normalized spacial score (nSPS) is 11.8. The van der Waals surface area contributed by atoms with Crippen LogP contribution in [0.2, 0.25) is 0 Å². The fourth-order valence-electron chi connectivity index (χ4n) is 1.32. The van der Waals surface area contributed by atoms with Crippen molar-refractivity contribution >= 4 is 22.0 Å². The summed E-state index contributed by atoms with van der Waals surface area (Å²) in [5, 5.41) is 14.1. The number of amides is 2. The minimum absolute atomic E-state index is 0.0818. The molecule has 0 bridgehead atoms. The SMILES string of the molecule is COc1ccc(CNC(=O)N[C@@H](C)CO)cc1Br. The topological polar surface area (TPSA) is 70.6 Å². The van der Waals surface area contributed by atoms with Crippen molar-refractivity contribution in [3.8, 4) is 5.75 Å². The van der Waals surface area contributed by atoms with E-state index in [0.29, 0.717) is 6.54 Å². The van der Waals surface area contributed by atoms with Gasteiger partial charge in [0.2, 0.25) is 0 Å². The molecule has 0 saturated carbocycles. The number of aliphatic hydroxyl groups is 1. The van der Waals surface area contributed by atoms with Crippen LogP contribution in [0, 0.1) is 0 Å². The van der Waals surface area contributed by atoms with Crippen LogP contribution in [0.15, 0.2) is 22.7 Å². The molecule has 100 valence electrons. The van der Waals surface area contributed by atoms with Gasteiger partial charge in [0.1, 0.15) is 5.75 Å². The van der Waals surface area contributed by atoms with Crippen molar-refractivity contribution in [1.29, 1.82) is 0 Å². The molecule has 1 rings (SSSR count). The summed E-state index contributed by atoms with van der Waals surface area (Å²) in [4.78, 5) is 11.4. The molecular weight excluding hydrogens is 300 g/mol. The van der Waals surface area contributed by atoms with Gasteiger partial charge in [0.25, 0.3) is 0 Å². The van der Waals surface area contributed by atoms with Crippen LogP contribution in [0.3, 0.4) is 0 Å². The van der Waals surface area contributed by atoms with Gasteiger partial charge in [-0.1, -0.05) is 6.07 Å². The van der Waals surface area contributed by atoms with Crippen LogP contribution in [0.1, 0.15) is 12.5 Å². The van der Waals surface area contributed by atoms with Gasteiger partial charge in [-0.05, 0) is 40.5 Å². The lowest BCUT2D eigenvalue weighted by molar-refractivity contribution is 0.220. The Morgan fingerprint density at radius 2 is 2.28 bits per heavy atom. The number of ether oxygens (including phenoxy) is 1. The number of benzene rings is 1. The number of methoxy groups -OCH3 is 1. The molecule has 0 heterocycles. The molecule has 0 saturated heterocycles. The van der Waals surface area contributed by atoms with Gasteiger partial charge in [0.05, 0.1) is 24.2 Å². The summed E-state index contributed by atoms with van der Waals surface area (Å²) in [7, 11) is 1.60. The van der Waals surface area contributed by atoms with Crippen molar-refractivity contribution in [3.05, 3.63) is 28.2 Å². The smallest absolute Gasteiger partial charge is 0.315 e. The average Bonchev–Trinajstić information content (AvgIpc) is 2.36. The summed E-state index contributed by atoms with van der Waals surface area (Å²) >= 11 is 3.38. The minimum Gasteiger partial charge on any atom is -0.496 e. The number of aliphatic hydroxyl groups excluding tert-OH is 1. The number of halogens is 1. The Bertz CT molecular complexity index is 412. The van der Waals surface area contributed by atoms with Crippen LogP contribution in [0.4, 0.5) is 4.79 Å². The highest BCUT2D eigenvalue weighted by Gasteiger charge is 2.06. The number of carbonyl (C=O) groups excluding carboxylic acids is 1. The molecule has 1 aromatic rings. The van der Waals surface area contributed by atoms with E-state index in [1.54, 1.807) is 14.0 Å². The Hall–Kier alpha value is -1.27. The molecule has 1 atom stereocenters. The number of hydrogen-bond donors (Lipinski definition) is 3. The number of carbonyl (C=O) groups is 1. The van der Waals surface area contributed by atoms with Gasteiger partial charge in [-0.15, -0.1) is 0 Å². The molecule has 5 nitrogen and oxygen atoms in total. The molecule has 0 aromatic heterocycles. The van der Waals surface area contributed by atoms with E-state index in [1.807, 2.05) is 18.2 Å². The van der Waals surface area contributed by atoms with Gasteiger partial charge in [-0.25, -0.2) is 4.79 Å². The summed E-state index contributed by atoms with van der Waals surface area (Å²) < 4.78 is 5.96. The van der Waals surface area contributed by atoms with E-state index in [9.17, 15) is 4.79 Å². The largest absolute Gasteiger partial charge is 0.496 e. The zero-order chi connectivity index (χ0) is 13.5. The molecule has 0 radical (unpaired) electrons. The van der Waals surface area contributed by atoms with Crippen molar-refractivity contribution in [2.45, 2.75) is 19.5 Å². The maximum atomic E-state index is 11.4. The van der Waals surface area contributed by atoms with Gasteiger partial charge < -0.3 is 20.5 Å². The molecule has 0 unspecified atom stereocenters.